The minimum Gasteiger partial charge on any atom is -0.486 e. The fourth-order valence-corrected chi connectivity index (χ4v) is 3.82. The number of hydrogen-bond acceptors (Lipinski definition) is 7. The van der Waals surface area contributed by atoms with E-state index in [9.17, 15) is 4.79 Å². The number of rotatable bonds is 7. The first-order valence-corrected chi connectivity index (χ1v) is 10.4. The van der Waals surface area contributed by atoms with E-state index in [0.29, 0.717) is 30.6 Å². The fourth-order valence-electron chi connectivity index (χ4n) is 3.02. The quantitative estimate of drug-likeness (QED) is 0.552. The molecule has 2 heterocycles. The molecule has 0 radical (unpaired) electrons. The molecule has 0 N–H and O–H groups in total. The van der Waals surface area contributed by atoms with Crippen molar-refractivity contribution in [1.82, 2.24) is 25.1 Å². The van der Waals surface area contributed by atoms with Crippen molar-refractivity contribution < 1.29 is 14.3 Å². The smallest absolute Gasteiger partial charge is 0.233 e. The largest absolute Gasteiger partial charge is 0.486 e. The molecule has 0 saturated heterocycles. The molecule has 0 bridgehead atoms. The number of tetrazole rings is 1. The average molecular weight is 411 g/mol. The second-order valence-electron chi connectivity index (χ2n) is 6.43. The van der Waals surface area contributed by atoms with E-state index in [2.05, 4.69) is 15.5 Å². The number of hydrogen-bond donors (Lipinski definition) is 0. The maximum absolute atomic E-state index is 12.8. The van der Waals surface area contributed by atoms with E-state index in [1.165, 1.54) is 11.8 Å². The summed E-state index contributed by atoms with van der Waals surface area (Å²) in [4.78, 5) is 14.5. The highest BCUT2D eigenvalue weighted by Gasteiger charge is 2.25. The lowest BCUT2D eigenvalue weighted by atomic mass is 10.2. The first-order chi connectivity index (χ1) is 14.2. The Balaban J connectivity index is 1.35. The molecule has 0 spiro atoms. The van der Waals surface area contributed by atoms with Crippen molar-refractivity contribution in [1.29, 1.82) is 0 Å². The molecule has 29 heavy (non-hydrogen) atoms. The molecular weight excluding hydrogens is 390 g/mol. The molecule has 3 aromatic rings. The Kier molecular flexibility index (Phi) is 5.95. The summed E-state index contributed by atoms with van der Waals surface area (Å²) in [5.41, 5.74) is 0.853. The summed E-state index contributed by atoms with van der Waals surface area (Å²) in [5.74, 6) is 1.69. The molecule has 150 valence electrons. The monoisotopic (exact) mass is 411 g/mol. The van der Waals surface area contributed by atoms with Gasteiger partial charge in [0.1, 0.15) is 6.61 Å². The molecule has 1 atom stereocenters. The van der Waals surface area contributed by atoms with Crippen molar-refractivity contribution in [3.05, 3.63) is 54.6 Å². The van der Waals surface area contributed by atoms with Crippen LogP contribution >= 0.6 is 11.8 Å². The maximum atomic E-state index is 12.8. The van der Waals surface area contributed by atoms with E-state index in [4.69, 9.17) is 9.47 Å². The van der Waals surface area contributed by atoms with Crippen molar-refractivity contribution >= 4 is 17.7 Å². The van der Waals surface area contributed by atoms with Gasteiger partial charge < -0.3 is 14.4 Å². The zero-order valence-electron chi connectivity index (χ0n) is 16.0. The average Bonchev–Trinajstić information content (AvgIpc) is 3.25. The highest BCUT2D eigenvalue weighted by Crippen LogP contribution is 2.31. The van der Waals surface area contributed by atoms with Crippen LogP contribution in [0, 0.1) is 0 Å². The van der Waals surface area contributed by atoms with E-state index < -0.39 is 0 Å². The number of likely N-dealkylation sites (N-methyl/N-ethyl adjacent to an activating group) is 1. The second kappa shape index (κ2) is 8.95. The topological polar surface area (TPSA) is 82.4 Å². The predicted molar refractivity (Wildman–Crippen MR) is 108 cm³/mol. The van der Waals surface area contributed by atoms with Gasteiger partial charge in [0.2, 0.25) is 11.1 Å². The van der Waals surface area contributed by atoms with Crippen LogP contribution < -0.4 is 9.47 Å². The number of amides is 1. The molecule has 2 aromatic carbocycles. The predicted octanol–water partition coefficient (Wildman–Crippen LogP) is 2.44. The molecule has 9 heteroatoms. The third-order valence-corrected chi connectivity index (χ3v) is 5.40. The maximum Gasteiger partial charge on any atom is 0.233 e. The molecule has 1 aromatic heterocycles. The van der Waals surface area contributed by atoms with Crippen molar-refractivity contribution in [2.45, 2.75) is 18.2 Å². The van der Waals surface area contributed by atoms with Gasteiger partial charge in [-0.25, -0.2) is 0 Å². The molecule has 0 saturated carbocycles. The van der Waals surface area contributed by atoms with Gasteiger partial charge in [-0.05, 0) is 41.6 Å². The summed E-state index contributed by atoms with van der Waals surface area (Å²) < 4.78 is 13.4. The second-order valence-corrected chi connectivity index (χ2v) is 7.37. The Bertz CT molecular complexity index is 966. The first kappa shape index (κ1) is 19.3. The third kappa shape index (κ3) is 4.51. The van der Waals surface area contributed by atoms with Crippen molar-refractivity contribution in [3.63, 3.8) is 0 Å². The van der Waals surface area contributed by atoms with E-state index in [0.717, 1.165) is 11.4 Å². The summed E-state index contributed by atoms with van der Waals surface area (Å²) >= 11 is 1.31. The molecule has 4 rings (SSSR count). The molecule has 1 aliphatic rings. The number of aromatic nitrogens is 4. The lowest BCUT2D eigenvalue weighted by Crippen LogP contribution is -2.44. The van der Waals surface area contributed by atoms with E-state index >= 15 is 0 Å². The minimum atomic E-state index is -0.201. The van der Waals surface area contributed by atoms with Crippen LogP contribution in [0.25, 0.3) is 5.69 Å². The van der Waals surface area contributed by atoms with Crippen LogP contribution in [0.15, 0.2) is 59.8 Å². The highest BCUT2D eigenvalue weighted by atomic mass is 32.2. The molecule has 1 aliphatic heterocycles. The summed E-state index contributed by atoms with van der Waals surface area (Å²) in [6.45, 7) is 3.42. The Morgan fingerprint density at radius 3 is 2.72 bits per heavy atom. The summed E-state index contributed by atoms with van der Waals surface area (Å²) in [7, 11) is 0. The van der Waals surface area contributed by atoms with Crippen LogP contribution in [-0.2, 0) is 4.79 Å². The first-order valence-electron chi connectivity index (χ1n) is 9.37. The highest BCUT2D eigenvalue weighted by molar-refractivity contribution is 7.99. The Hall–Kier alpha value is -3.07. The van der Waals surface area contributed by atoms with E-state index in [1.54, 1.807) is 9.58 Å². The van der Waals surface area contributed by atoms with Crippen molar-refractivity contribution in [3.8, 4) is 17.2 Å². The molecular formula is C20H21N5O3S. The number of nitrogens with zero attached hydrogens (tertiary/aromatic N) is 5. The van der Waals surface area contributed by atoms with Crippen LogP contribution in [0.5, 0.6) is 11.5 Å². The van der Waals surface area contributed by atoms with E-state index in [-0.39, 0.29) is 17.8 Å². The van der Waals surface area contributed by atoms with Crippen LogP contribution in [-0.4, -0.2) is 62.6 Å². The SMILES string of the molecule is CCN(C[C@@H]1COc2ccccc2O1)C(=O)CSc1nnnn1-c1ccccc1. The van der Waals surface area contributed by atoms with Gasteiger partial charge in [0.15, 0.2) is 17.6 Å². The van der Waals surface area contributed by atoms with Crippen LogP contribution in [0.1, 0.15) is 6.92 Å². The van der Waals surface area contributed by atoms with Crippen molar-refractivity contribution in [2.24, 2.45) is 0 Å². The summed E-state index contributed by atoms with van der Waals surface area (Å²) in [5, 5.41) is 12.4. The minimum absolute atomic E-state index is 0.00238. The molecule has 0 aliphatic carbocycles. The lowest BCUT2D eigenvalue weighted by Gasteiger charge is -2.30. The van der Waals surface area contributed by atoms with Crippen molar-refractivity contribution in [2.75, 3.05) is 25.4 Å². The molecule has 8 nitrogen and oxygen atoms in total. The lowest BCUT2D eigenvalue weighted by molar-refractivity contribution is -0.129. The number of benzene rings is 2. The number of ether oxygens (including phenoxy) is 2. The fraction of sp³-hybridized carbons (Fsp3) is 0.300. The zero-order chi connectivity index (χ0) is 20.1. The standard InChI is InChI=1S/C20H21N5O3S/c1-2-24(12-16-13-27-17-10-6-7-11-18(17)28-16)19(26)14-29-20-21-22-23-25(20)15-8-4-3-5-9-15/h3-11,16H,2,12-14H2,1H3/t16-/m1/s1. The Labute approximate surface area is 172 Å². The van der Waals surface area contributed by atoms with Crippen LogP contribution in [0.3, 0.4) is 0 Å². The summed E-state index contributed by atoms with van der Waals surface area (Å²) in [6, 6.07) is 17.2. The number of para-hydroxylation sites is 3. The van der Waals surface area contributed by atoms with Crippen LogP contribution in [0.4, 0.5) is 0 Å². The number of carbonyl (C=O) groups excluding carboxylic acids is 1. The van der Waals surface area contributed by atoms with Crippen LogP contribution in [0.2, 0.25) is 0 Å². The summed E-state index contributed by atoms with van der Waals surface area (Å²) in [6.07, 6.45) is -0.201. The number of carbonyl (C=O) groups is 1. The van der Waals surface area contributed by atoms with E-state index in [1.807, 2.05) is 61.5 Å². The number of fused-ring (bicyclic) bond motifs is 1. The van der Waals surface area contributed by atoms with Gasteiger partial charge >= 0.3 is 0 Å². The van der Waals surface area contributed by atoms with Gasteiger partial charge in [-0.3, -0.25) is 4.79 Å². The third-order valence-electron chi connectivity index (χ3n) is 4.49. The Morgan fingerprint density at radius 1 is 1.17 bits per heavy atom. The van der Waals surface area contributed by atoms with Gasteiger partial charge in [-0.2, -0.15) is 4.68 Å². The zero-order valence-corrected chi connectivity index (χ0v) is 16.8. The number of thioether (sulfide) groups is 1. The molecule has 1 amide bonds. The van der Waals surface area contributed by atoms with Gasteiger partial charge in [0, 0.05) is 6.54 Å². The van der Waals surface area contributed by atoms with Gasteiger partial charge in [-0.1, -0.05) is 42.1 Å². The normalized spacial score (nSPS) is 15.1. The Morgan fingerprint density at radius 2 is 1.93 bits per heavy atom. The van der Waals surface area contributed by atoms with Gasteiger partial charge in [0.05, 0.1) is 18.0 Å². The molecule has 0 unspecified atom stereocenters. The molecule has 0 fully saturated rings. The van der Waals surface area contributed by atoms with Gasteiger partial charge in [-0.15, -0.1) is 5.10 Å². The van der Waals surface area contributed by atoms with Gasteiger partial charge in [0.25, 0.3) is 0 Å².